The average Bonchev–Trinajstić information content (AvgIpc) is 2.87. The molecule has 10 nitrogen and oxygen atoms in total. The first-order valence-electron chi connectivity index (χ1n) is 10.5. The zero-order valence-corrected chi connectivity index (χ0v) is 20.2. The Hall–Kier alpha value is -4.12. The van der Waals surface area contributed by atoms with Gasteiger partial charge in [-0.15, -0.1) is 0 Å². The topological polar surface area (TPSA) is 128 Å². The molecule has 184 valence electrons. The minimum absolute atomic E-state index is 0.0147. The third-order valence-corrected chi connectivity index (χ3v) is 7.04. The van der Waals surface area contributed by atoms with E-state index in [0.29, 0.717) is 11.5 Å². The Balaban J connectivity index is 1.88. The van der Waals surface area contributed by atoms with E-state index in [9.17, 15) is 23.3 Å². The van der Waals surface area contributed by atoms with Crippen LogP contribution in [0.1, 0.15) is 18.5 Å². The highest BCUT2D eigenvalue weighted by atomic mass is 32.2. The lowest BCUT2D eigenvalue weighted by Gasteiger charge is -2.25. The minimum atomic E-state index is -4.14. The second kappa shape index (κ2) is 10.9. The predicted molar refractivity (Wildman–Crippen MR) is 130 cm³/mol. The van der Waals surface area contributed by atoms with Crippen molar-refractivity contribution < 1.29 is 27.6 Å². The third kappa shape index (κ3) is 5.87. The molecule has 0 spiro atoms. The Morgan fingerprint density at radius 2 is 1.63 bits per heavy atom. The summed E-state index contributed by atoms with van der Waals surface area (Å²) in [4.78, 5) is 23.4. The Morgan fingerprint density at radius 3 is 2.20 bits per heavy atom. The number of hydrogen-bond donors (Lipinski definition) is 1. The maximum absolute atomic E-state index is 13.4. The van der Waals surface area contributed by atoms with Crippen molar-refractivity contribution in [3.63, 3.8) is 0 Å². The van der Waals surface area contributed by atoms with Gasteiger partial charge >= 0.3 is 0 Å². The van der Waals surface area contributed by atoms with E-state index < -0.39 is 33.4 Å². The van der Waals surface area contributed by atoms with Crippen LogP contribution in [-0.2, 0) is 14.8 Å². The zero-order chi connectivity index (χ0) is 25.6. The van der Waals surface area contributed by atoms with E-state index in [0.717, 1.165) is 9.87 Å². The molecule has 3 rings (SSSR count). The van der Waals surface area contributed by atoms with Gasteiger partial charge in [0.1, 0.15) is 6.54 Å². The highest BCUT2D eigenvalue weighted by Gasteiger charge is 2.28. The first-order chi connectivity index (χ1) is 16.7. The molecule has 0 heterocycles. The highest BCUT2D eigenvalue weighted by molar-refractivity contribution is 7.92. The van der Waals surface area contributed by atoms with Gasteiger partial charge in [0, 0.05) is 12.1 Å². The number of carbonyl (C=O) groups excluding carboxylic acids is 1. The highest BCUT2D eigenvalue weighted by Crippen LogP contribution is 2.30. The number of hydrogen-bond acceptors (Lipinski definition) is 7. The quantitative estimate of drug-likeness (QED) is 0.333. The van der Waals surface area contributed by atoms with Gasteiger partial charge in [-0.2, -0.15) is 0 Å². The fraction of sp³-hybridized carbons (Fsp3) is 0.208. The minimum Gasteiger partial charge on any atom is -0.493 e. The molecule has 11 heteroatoms. The molecule has 0 unspecified atom stereocenters. The lowest BCUT2D eigenvalue weighted by atomic mass is 10.1. The van der Waals surface area contributed by atoms with Gasteiger partial charge in [0.05, 0.1) is 35.8 Å². The maximum Gasteiger partial charge on any atom is 0.269 e. The number of nitrogens with one attached hydrogen (secondary N) is 1. The molecule has 3 aromatic carbocycles. The van der Waals surface area contributed by atoms with E-state index in [1.165, 1.54) is 50.6 Å². The summed E-state index contributed by atoms with van der Waals surface area (Å²) in [5, 5.41) is 13.8. The number of ether oxygens (including phenoxy) is 2. The lowest BCUT2D eigenvalue weighted by molar-refractivity contribution is -0.384. The summed E-state index contributed by atoms with van der Waals surface area (Å²) in [6.45, 7) is 1.22. The molecule has 0 aliphatic rings. The van der Waals surface area contributed by atoms with Gasteiger partial charge in [0.2, 0.25) is 5.91 Å². The van der Waals surface area contributed by atoms with Crippen molar-refractivity contribution in [2.24, 2.45) is 0 Å². The van der Waals surface area contributed by atoms with Gasteiger partial charge < -0.3 is 14.8 Å². The van der Waals surface area contributed by atoms with E-state index in [-0.39, 0.29) is 16.3 Å². The zero-order valence-electron chi connectivity index (χ0n) is 19.4. The molecule has 0 aliphatic carbocycles. The van der Waals surface area contributed by atoms with Crippen molar-refractivity contribution in [1.82, 2.24) is 5.32 Å². The molecule has 35 heavy (non-hydrogen) atoms. The summed E-state index contributed by atoms with van der Waals surface area (Å²) in [6, 6.07) is 17.3. The van der Waals surface area contributed by atoms with E-state index in [2.05, 4.69) is 5.32 Å². The predicted octanol–water partition coefficient (Wildman–Crippen LogP) is 3.68. The fourth-order valence-electron chi connectivity index (χ4n) is 3.40. The monoisotopic (exact) mass is 499 g/mol. The smallest absolute Gasteiger partial charge is 0.269 e. The molecule has 0 aromatic heterocycles. The second-order valence-electron chi connectivity index (χ2n) is 7.50. The standard InChI is InChI=1S/C24H25N3O7S/c1-17(18-9-14-22(33-2)23(15-18)34-3)25-24(28)16-26(19-10-12-20(13-11-19)27(29)30)35(31,32)21-7-5-4-6-8-21/h4-15,17H,16H2,1-3H3,(H,25,28)/t17-/m1/s1. The molecule has 1 N–H and O–H groups in total. The molecule has 1 atom stereocenters. The molecule has 0 bridgehead atoms. The number of anilines is 1. The number of nitrogens with zero attached hydrogens (tertiary/aromatic N) is 2. The molecule has 0 saturated heterocycles. The molecular formula is C24H25N3O7S. The van der Waals surface area contributed by atoms with Crippen LogP contribution in [0.15, 0.2) is 77.7 Å². The first kappa shape index (κ1) is 25.5. The van der Waals surface area contributed by atoms with Crippen LogP contribution in [-0.4, -0.2) is 40.0 Å². The van der Waals surface area contributed by atoms with Gasteiger partial charge in [-0.25, -0.2) is 8.42 Å². The molecule has 0 saturated carbocycles. The number of amides is 1. The number of nitro groups is 1. The van der Waals surface area contributed by atoms with Crippen molar-refractivity contribution in [3.05, 3.63) is 88.5 Å². The Labute approximate surface area is 203 Å². The van der Waals surface area contributed by atoms with Gasteiger partial charge in [-0.1, -0.05) is 24.3 Å². The molecule has 1 amide bonds. The summed E-state index contributed by atoms with van der Waals surface area (Å²) in [7, 11) is -1.12. The van der Waals surface area contributed by atoms with Crippen LogP contribution in [0.2, 0.25) is 0 Å². The number of nitro benzene ring substituents is 1. The third-order valence-electron chi connectivity index (χ3n) is 5.25. The van der Waals surface area contributed by atoms with Gasteiger partial charge in [-0.05, 0) is 48.9 Å². The largest absolute Gasteiger partial charge is 0.493 e. The van der Waals surface area contributed by atoms with Crippen LogP contribution < -0.4 is 19.1 Å². The summed E-state index contributed by atoms with van der Waals surface area (Å²) in [5.41, 5.74) is 0.648. The van der Waals surface area contributed by atoms with Gasteiger partial charge in [0.25, 0.3) is 15.7 Å². The number of carbonyl (C=O) groups is 1. The molecule has 0 fully saturated rings. The Morgan fingerprint density at radius 1 is 1.00 bits per heavy atom. The fourth-order valence-corrected chi connectivity index (χ4v) is 4.84. The number of benzene rings is 3. The van der Waals surface area contributed by atoms with E-state index >= 15 is 0 Å². The summed E-state index contributed by atoms with van der Waals surface area (Å²) >= 11 is 0. The Kier molecular flexibility index (Phi) is 7.92. The summed E-state index contributed by atoms with van der Waals surface area (Å²) in [5.74, 6) is 0.462. The van der Waals surface area contributed by atoms with E-state index in [1.807, 2.05) is 0 Å². The van der Waals surface area contributed by atoms with Gasteiger partial charge in [-0.3, -0.25) is 19.2 Å². The van der Waals surface area contributed by atoms with Crippen molar-refractivity contribution in [3.8, 4) is 11.5 Å². The number of sulfonamides is 1. The number of rotatable bonds is 10. The van der Waals surface area contributed by atoms with Crippen molar-refractivity contribution >= 4 is 27.3 Å². The SMILES string of the molecule is COc1ccc([C@@H](C)NC(=O)CN(c2ccc([N+](=O)[O-])cc2)S(=O)(=O)c2ccccc2)cc1OC. The number of non-ortho nitro benzene ring substituents is 1. The van der Waals surface area contributed by atoms with Crippen molar-refractivity contribution in [2.45, 2.75) is 17.9 Å². The van der Waals surface area contributed by atoms with Crippen molar-refractivity contribution in [1.29, 1.82) is 0 Å². The van der Waals surface area contributed by atoms with Crippen LogP contribution in [0.4, 0.5) is 11.4 Å². The average molecular weight is 500 g/mol. The Bertz CT molecular complexity index is 1300. The van der Waals surface area contributed by atoms with Gasteiger partial charge in [0.15, 0.2) is 11.5 Å². The summed E-state index contributed by atoms with van der Waals surface area (Å²) in [6.07, 6.45) is 0. The van der Waals surface area contributed by atoms with Crippen molar-refractivity contribution in [2.75, 3.05) is 25.1 Å². The maximum atomic E-state index is 13.4. The molecule has 3 aromatic rings. The molecule has 0 radical (unpaired) electrons. The summed E-state index contributed by atoms with van der Waals surface area (Å²) < 4.78 is 38.2. The molecule has 0 aliphatic heterocycles. The first-order valence-corrected chi connectivity index (χ1v) is 11.9. The van der Waals surface area contributed by atoms with Crippen LogP contribution in [0.25, 0.3) is 0 Å². The van der Waals surface area contributed by atoms with Crippen LogP contribution >= 0.6 is 0 Å². The van der Waals surface area contributed by atoms with Crippen LogP contribution in [0, 0.1) is 10.1 Å². The second-order valence-corrected chi connectivity index (χ2v) is 9.36. The number of methoxy groups -OCH3 is 2. The normalized spacial score (nSPS) is 11.9. The van der Waals surface area contributed by atoms with E-state index in [1.54, 1.807) is 43.3 Å². The lowest BCUT2D eigenvalue weighted by Crippen LogP contribution is -2.41. The molecular weight excluding hydrogens is 474 g/mol. The van der Waals surface area contributed by atoms with E-state index in [4.69, 9.17) is 9.47 Å². The van der Waals surface area contributed by atoms with Crippen LogP contribution in [0.3, 0.4) is 0 Å². The van der Waals surface area contributed by atoms with Crippen LogP contribution in [0.5, 0.6) is 11.5 Å².